The number of imidazole rings is 1. The number of rotatable bonds is 7. The zero-order chi connectivity index (χ0) is 21.5. The van der Waals surface area contributed by atoms with E-state index in [9.17, 15) is 4.21 Å². The van der Waals surface area contributed by atoms with E-state index in [1.807, 2.05) is 44.2 Å². The minimum absolute atomic E-state index is 0. The molecule has 2 aromatic heterocycles. The zero-order valence-corrected chi connectivity index (χ0v) is 21.4. The van der Waals surface area contributed by atoms with E-state index in [0.29, 0.717) is 43.8 Å². The van der Waals surface area contributed by atoms with Crippen molar-refractivity contribution in [3.8, 4) is 5.75 Å². The Bertz CT molecular complexity index is 1090. The van der Waals surface area contributed by atoms with Gasteiger partial charge < -0.3 is 25.4 Å². The number of aromatic amines is 1. The van der Waals surface area contributed by atoms with Crippen molar-refractivity contribution in [2.24, 2.45) is 5.41 Å². The van der Waals surface area contributed by atoms with Gasteiger partial charge >= 0.3 is 29.6 Å². The Morgan fingerprint density at radius 3 is 2.59 bits per heavy atom. The number of nitrogens with one attached hydrogen (secondary N) is 1. The first-order valence-electron chi connectivity index (χ1n) is 10.3. The maximum atomic E-state index is 12.9. The van der Waals surface area contributed by atoms with Crippen LogP contribution in [0.15, 0.2) is 41.7 Å². The monoisotopic (exact) mass is 467 g/mol. The largest absolute Gasteiger partial charge is 1.00 e. The zero-order valence-electron chi connectivity index (χ0n) is 19.6. The molecule has 6 rings (SSSR count). The Morgan fingerprint density at radius 2 is 1.91 bits per heavy atom. The number of nitrogens with zero attached hydrogens (tertiary/aromatic N) is 2. The number of aromatic nitrogens is 3. The summed E-state index contributed by atoms with van der Waals surface area (Å²) in [5, 5.41) is 0.447. The van der Waals surface area contributed by atoms with Crippen molar-refractivity contribution in [1.82, 2.24) is 15.0 Å². The summed E-state index contributed by atoms with van der Waals surface area (Å²) in [7, 11) is -1.35. The molecule has 5 heterocycles. The van der Waals surface area contributed by atoms with Gasteiger partial charge in [0.1, 0.15) is 12.4 Å². The van der Waals surface area contributed by atoms with Gasteiger partial charge in [-0.1, -0.05) is 19.1 Å². The van der Waals surface area contributed by atoms with Crippen LogP contribution in [0, 0.1) is 12.3 Å². The van der Waals surface area contributed by atoms with Crippen LogP contribution in [0.2, 0.25) is 0 Å². The van der Waals surface area contributed by atoms with Gasteiger partial charge in [-0.25, -0.2) is 4.98 Å². The van der Waals surface area contributed by atoms with Gasteiger partial charge in [0.15, 0.2) is 5.16 Å². The standard InChI is InChI=1S/C22H25N3O5S.Na.H/c1-3-22-28-12-21(13-29-22,14-30-22)11-27-19-8-9-23-18(15(19)2)10-31(26)20-24-16-6-4-5-7-17(16)25-20;;/h4-9H,3,10-14H2,1-2H3,(H,24,25);;/q;+1;-1. The summed E-state index contributed by atoms with van der Waals surface area (Å²) in [4.78, 5) is 12.0. The van der Waals surface area contributed by atoms with Crippen LogP contribution in [0.25, 0.3) is 11.0 Å². The molecule has 3 aromatic rings. The minimum Gasteiger partial charge on any atom is -1.00 e. The Balaban J connectivity index is 0.00000153. The van der Waals surface area contributed by atoms with Crippen molar-refractivity contribution in [1.29, 1.82) is 0 Å². The summed E-state index contributed by atoms with van der Waals surface area (Å²) in [5.74, 6) is 0.0729. The van der Waals surface area contributed by atoms with E-state index in [4.69, 9.17) is 18.9 Å². The minimum atomic E-state index is -1.35. The number of para-hydroxylation sites is 2. The van der Waals surface area contributed by atoms with Crippen LogP contribution in [0.5, 0.6) is 5.75 Å². The Hall–Kier alpha value is -1.33. The maximum Gasteiger partial charge on any atom is 1.00 e. The summed E-state index contributed by atoms with van der Waals surface area (Å²) < 4.78 is 36.4. The molecule has 8 nitrogen and oxygen atoms in total. The number of hydrogen-bond acceptors (Lipinski definition) is 7. The van der Waals surface area contributed by atoms with Crippen molar-refractivity contribution in [3.63, 3.8) is 0 Å². The average molecular weight is 468 g/mol. The number of benzene rings is 1. The summed E-state index contributed by atoms with van der Waals surface area (Å²) >= 11 is 0. The molecule has 32 heavy (non-hydrogen) atoms. The summed E-state index contributed by atoms with van der Waals surface area (Å²) in [6.07, 6.45) is 2.33. The first-order chi connectivity index (χ1) is 15.0. The van der Waals surface area contributed by atoms with Crippen LogP contribution in [0.3, 0.4) is 0 Å². The van der Waals surface area contributed by atoms with Crippen LogP contribution < -0.4 is 34.3 Å². The van der Waals surface area contributed by atoms with Gasteiger partial charge in [0, 0.05) is 18.2 Å². The van der Waals surface area contributed by atoms with Crippen LogP contribution >= 0.6 is 0 Å². The van der Waals surface area contributed by atoms with Crippen LogP contribution in [0.4, 0.5) is 0 Å². The summed E-state index contributed by atoms with van der Waals surface area (Å²) in [5.41, 5.74) is 2.91. The Kier molecular flexibility index (Phi) is 7.07. The Morgan fingerprint density at radius 1 is 1.19 bits per heavy atom. The molecule has 1 atom stereocenters. The van der Waals surface area contributed by atoms with E-state index < -0.39 is 16.8 Å². The van der Waals surface area contributed by atoms with E-state index in [2.05, 4.69) is 15.0 Å². The maximum absolute atomic E-state index is 12.9. The van der Waals surface area contributed by atoms with Gasteiger partial charge in [0.05, 0.1) is 58.5 Å². The van der Waals surface area contributed by atoms with E-state index in [0.717, 1.165) is 22.3 Å². The fourth-order valence-corrected chi connectivity index (χ4v) is 4.89. The molecule has 2 bridgehead atoms. The van der Waals surface area contributed by atoms with E-state index in [1.165, 1.54) is 0 Å². The van der Waals surface area contributed by atoms with Crippen molar-refractivity contribution in [2.45, 2.75) is 37.2 Å². The van der Waals surface area contributed by atoms with Gasteiger partial charge in [-0.2, -0.15) is 0 Å². The van der Waals surface area contributed by atoms with Gasteiger partial charge in [-0.05, 0) is 25.1 Å². The van der Waals surface area contributed by atoms with E-state index >= 15 is 0 Å². The molecule has 0 aliphatic carbocycles. The van der Waals surface area contributed by atoms with E-state index in [1.54, 1.807) is 6.20 Å². The molecule has 166 valence electrons. The second-order valence-corrected chi connectivity index (χ2v) is 9.49. The average Bonchev–Trinajstić information content (AvgIpc) is 3.25. The fourth-order valence-electron chi connectivity index (χ4n) is 3.79. The normalized spacial score (nSPS) is 25.4. The molecule has 0 saturated carbocycles. The van der Waals surface area contributed by atoms with Crippen LogP contribution in [0.1, 0.15) is 26.0 Å². The third kappa shape index (κ3) is 4.52. The van der Waals surface area contributed by atoms with Crippen molar-refractivity contribution in [3.05, 3.63) is 47.8 Å². The number of H-pyrrole nitrogens is 1. The third-order valence-corrected chi connectivity index (χ3v) is 7.03. The Labute approximate surface area is 212 Å². The molecule has 1 N–H and O–H groups in total. The van der Waals surface area contributed by atoms with Gasteiger partial charge in [0.2, 0.25) is 0 Å². The molecule has 3 aliphatic heterocycles. The fraction of sp³-hybridized carbons (Fsp3) is 0.455. The number of pyridine rings is 1. The molecule has 0 spiro atoms. The smallest absolute Gasteiger partial charge is 1.00 e. The predicted octanol–water partition coefficient (Wildman–Crippen LogP) is 0.197. The number of fused-ring (bicyclic) bond motifs is 4. The molecule has 0 amide bonds. The number of ether oxygens (including phenoxy) is 4. The topological polar surface area (TPSA) is 95.6 Å². The predicted molar refractivity (Wildman–Crippen MR) is 115 cm³/mol. The second kappa shape index (κ2) is 9.50. The van der Waals surface area contributed by atoms with Gasteiger partial charge in [-0.3, -0.25) is 9.19 Å². The molecule has 10 heteroatoms. The van der Waals surface area contributed by atoms with Crippen molar-refractivity contribution in [2.75, 3.05) is 26.4 Å². The third-order valence-electron chi connectivity index (χ3n) is 5.87. The molecule has 3 fully saturated rings. The van der Waals surface area contributed by atoms with Crippen LogP contribution in [-0.4, -0.2) is 51.6 Å². The summed E-state index contributed by atoms with van der Waals surface area (Å²) in [6, 6.07) is 9.45. The molecular weight excluding hydrogens is 441 g/mol. The number of hydrogen-bond donors (Lipinski definition) is 1. The van der Waals surface area contributed by atoms with Crippen molar-refractivity contribution >= 4 is 21.8 Å². The molecule has 1 aromatic carbocycles. The summed E-state index contributed by atoms with van der Waals surface area (Å²) in [6.45, 7) is 5.92. The molecule has 3 saturated heterocycles. The quantitative estimate of drug-likeness (QED) is 0.496. The van der Waals surface area contributed by atoms with Gasteiger partial charge in [0.25, 0.3) is 5.97 Å². The van der Waals surface area contributed by atoms with E-state index in [-0.39, 0.29) is 42.2 Å². The van der Waals surface area contributed by atoms with Crippen LogP contribution in [-0.2, 0) is 30.8 Å². The second-order valence-electron chi connectivity index (χ2n) is 8.12. The first-order valence-corrected chi connectivity index (χ1v) is 11.7. The first kappa shape index (κ1) is 23.8. The SMILES string of the molecule is CCC12OCC(COc3ccnc(CS(=O)c4nc5ccccc5[nH]4)c3C)(CO1)CO2.[H-].[Na+]. The molecule has 0 radical (unpaired) electrons. The molecular formula is C22H26N3NaO5S. The van der Waals surface area contributed by atoms with Gasteiger partial charge in [-0.15, -0.1) is 0 Å². The molecule has 3 aliphatic rings. The molecule has 1 unspecified atom stereocenters. The van der Waals surface area contributed by atoms with Crippen molar-refractivity contribution < 1.29 is 54.1 Å².